The lowest BCUT2D eigenvalue weighted by molar-refractivity contribution is 0.136. The highest BCUT2D eigenvalue weighted by Crippen LogP contribution is 2.39. The van der Waals surface area contributed by atoms with E-state index in [0.717, 1.165) is 12.6 Å². The highest BCUT2D eigenvalue weighted by Gasteiger charge is 2.35. The lowest BCUT2D eigenvalue weighted by Crippen LogP contribution is -2.47. The molecule has 0 aromatic carbocycles. The van der Waals surface area contributed by atoms with Crippen LogP contribution in [0.25, 0.3) is 0 Å². The molecule has 2 saturated carbocycles. The summed E-state index contributed by atoms with van der Waals surface area (Å²) >= 11 is 0. The predicted octanol–water partition coefficient (Wildman–Crippen LogP) is 1.65. The minimum atomic E-state index is 0.489. The maximum atomic E-state index is 5.81. The fourth-order valence-electron chi connectivity index (χ4n) is 2.62. The molecule has 2 heteroatoms. The second kappa shape index (κ2) is 3.97. The minimum absolute atomic E-state index is 0.489. The van der Waals surface area contributed by atoms with E-state index < -0.39 is 0 Å². The summed E-state index contributed by atoms with van der Waals surface area (Å²) in [7, 11) is 0. The molecule has 2 aliphatic carbocycles. The summed E-state index contributed by atoms with van der Waals surface area (Å²) in [6.45, 7) is 2.06. The van der Waals surface area contributed by atoms with Gasteiger partial charge in [0.15, 0.2) is 0 Å². The lowest BCUT2D eigenvalue weighted by atomic mass is 9.68. The van der Waals surface area contributed by atoms with E-state index in [0.29, 0.717) is 5.41 Å². The summed E-state index contributed by atoms with van der Waals surface area (Å²) < 4.78 is 0. The van der Waals surface area contributed by atoms with E-state index in [1.807, 2.05) is 0 Å². The zero-order chi connectivity index (χ0) is 9.15. The average Bonchev–Trinajstić information content (AvgIpc) is 2.56. The van der Waals surface area contributed by atoms with Gasteiger partial charge in [-0.15, -0.1) is 0 Å². The zero-order valence-electron chi connectivity index (χ0n) is 8.52. The van der Waals surface area contributed by atoms with Crippen LogP contribution in [0.3, 0.4) is 0 Å². The molecule has 0 amide bonds. The molecule has 0 radical (unpaired) electrons. The van der Waals surface area contributed by atoms with Gasteiger partial charge in [0.25, 0.3) is 0 Å². The predicted molar refractivity (Wildman–Crippen MR) is 55.6 cm³/mol. The van der Waals surface area contributed by atoms with E-state index in [4.69, 9.17) is 5.73 Å². The summed E-state index contributed by atoms with van der Waals surface area (Å²) in [5.41, 5.74) is 6.30. The molecule has 13 heavy (non-hydrogen) atoms. The van der Waals surface area contributed by atoms with E-state index in [1.54, 1.807) is 0 Å². The maximum absolute atomic E-state index is 5.81. The molecule has 2 fully saturated rings. The Bertz CT molecular complexity index is 152. The molecule has 0 aliphatic heterocycles. The molecule has 0 unspecified atom stereocenters. The topological polar surface area (TPSA) is 38.0 Å². The Labute approximate surface area is 81.3 Å². The van der Waals surface area contributed by atoms with E-state index >= 15 is 0 Å². The van der Waals surface area contributed by atoms with Crippen molar-refractivity contribution < 1.29 is 0 Å². The van der Waals surface area contributed by atoms with E-state index in [2.05, 4.69) is 5.32 Å². The zero-order valence-corrected chi connectivity index (χ0v) is 8.52. The van der Waals surface area contributed by atoms with Crippen LogP contribution in [0.15, 0.2) is 0 Å². The molecule has 0 heterocycles. The normalized spacial score (nSPS) is 27.5. The summed E-state index contributed by atoms with van der Waals surface area (Å²) in [5.74, 6) is 0. The third kappa shape index (κ3) is 2.05. The molecule has 0 atom stereocenters. The molecule has 2 aliphatic rings. The quantitative estimate of drug-likeness (QED) is 0.694. The summed E-state index contributed by atoms with van der Waals surface area (Å²) in [6.07, 6.45) is 9.72. The first-order valence-electron chi connectivity index (χ1n) is 5.78. The summed E-state index contributed by atoms with van der Waals surface area (Å²) in [4.78, 5) is 0. The molecule has 2 nitrogen and oxygen atoms in total. The Kier molecular flexibility index (Phi) is 2.89. The summed E-state index contributed by atoms with van der Waals surface area (Å²) in [5, 5.41) is 3.70. The number of nitrogens with two attached hydrogens (primary N) is 1. The van der Waals surface area contributed by atoms with Gasteiger partial charge in [-0.2, -0.15) is 0 Å². The number of hydrogen-bond acceptors (Lipinski definition) is 2. The van der Waals surface area contributed by atoms with Crippen molar-refractivity contribution in [3.63, 3.8) is 0 Å². The van der Waals surface area contributed by atoms with Crippen molar-refractivity contribution in [3.05, 3.63) is 0 Å². The Hall–Kier alpha value is -0.0800. The highest BCUT2D eigenvalue weighted by atomic mass is 14.9. The molecule has 3 N–H and O–H groups in total. The number of nitrogens with one attached hydrogen (secondary N) is 1. The number of rotatable bonds is 4. The first-order chi connectivity index (χ1) is 6.35. The Morgan fingerprint density at radius 2 is 1.85 bits per heavy atom. The Balaban J connectivity index is 1.71. The Morgan fingerprint density at radius 3 is 2.31 bits per heavy atom. The van der Waals surface area contributed by atoms with Crippen LogP contribution in [0.5, 0.6) is 0 Å². The third-order valence-corrected chi connectivity index (χ3v) is 3.97. The van der Waals surface area contributed by atoms with Gasteiger partial charge in [0.1, 0.15) is 0 Å². The van der Waals surface area contributed by atoms with Crippen LogP contribution in [0.2, 0.25) is 0 Å². The smallest absolute Gasteiger partial charge is 0.00673 e. The van der Waals surface area contributed by atoms with Crippen LogP contribution < -0.4 is 11.1 Å². The first kappa shape index (κ1) is 9.47. The van der Waals surface area contributed by atoms with Gasteiger partial charge in [-0.25, -0.2) is 0 Å². The van der Waals surface area contributed by atoms with Gasteiger partial charge in [-0.3, -0.25) is 0 Å². The van der Waals surface area contributed by atoms with Crippen molar-refractivity contribution in [2.45, 2.75) is 51.0 Å². The second-order valence-electron chi connectivity index (χ2n) is 4.92. The van der Waals surface area contributed by atoms with Crippen molar-refractivity contribution in [1.29, 1.82) is 0 Å². The Morgan fingerprint density at radius 1 is 1.15 bits per heavy atom. The van der Waals surface area contributed by atoms with E-state index in [9.17, 15) is 0 Å². The average molecular weight is 182 g/mol. The molecule has 0 aromatic heterocycles. The van der Waals surface area contributed by atoms with Crippen LogP contribution >= 0.6 is 0 Å². The third-order valence-electron chi connectivity index (χ3n) is 3.97. The molecular weight excluding hydrogens is 160 g/mol. The molecule has 0 spiro atoms. The van der Waals surface area contributed by atoms with Crippen LogP contribution in [0.1, 0.15) is 44.9 Å². The molecular formula is C11H22N2. The molecule has 0 saturated heterocycles. The van der Waals surface area contributed by atoms with Gasteiger partial charge in [0.05, 0.1) is 0 Å². The van der Waals surface area contributed by atoms with Gasteiger partial charge < -0.3 is 11.1 Å². The van der Waals surface area contributed by atoms with Gasteiger partial charge in [-0.05, 0) is 37.6 Å². The lowest BCUT2D eigenvalue weighted by Gasteiger charge is -2.41. The van der Waals surface area contributed by atoms with Crippen LogP contribution in [-0.2, 0) is 0 Å². The fourth-order valence-corrected chi connectivity index (χ4v) is 2.62. The SMILES string of the molecule is NCC1(CNC2CCCC2)CCC1. The first-order valence-corrected chi connectivity index (χ1v) is 5.78. The van der Waals surface area contributed by atoms with E-state index in [-0.39, 0.29) is 0 Å². The van der Waals surface area contributed by atoms with Crippen molar-refractivity contribution in [2.24, 2.45) is 11.1 Å². The molecule has 2 rings (SSSR count). The molecule has 0 aromatic rings. The van der Waals surface area contributed by atoms with Crippen molar-refractivity contribution in [3.8, 4) is 0 Å². The van der Waals surface area contributed by atoms with Gasteiger partial charge in [0.2, 0.25) is 0 Å². The van der Waals surface area contributed by atoms with Crippen molar-refractivity contribution in [1.82, 2.24) is 5.32 Å². The van der Waals surface area contributed by atoms with Crippen molar-refractivity contribution in [2.75, 3.05) is 13.1 Å². The summed E-state index contributed by atoms with van der Waals surface area (Å²) in [6, 6.07) is 0.809. The van der Waals surface area contributed by atoms with Crippen LogP contribution in [0.4, 0.5) is 0 Å². The largest absolute Gasteiger partial charge is 0.330 e. The molecule has 0 bridgehead atoms. The van der Waals surface area contributed by atoms with Crippen LogP contribution in [0, 0.1) is 5.41 Å². The van der Waals surface area contributed by atoms with Crippen LogP contribution in [-0.4, -0.2) is 19.1 Å². The molecule has 76 valence electrons. The maximum Gasteiger partial charge on any atom is 0.00673 e. The minimum Gasteiger partial charge on any atom is -0.330 e. The number of hydrogen-bond donors (Lipinski definition) is 2. The van der Waals surface area contributed by atoms with Gasteiger partial charge >= 0.3 is 0 Å². The fraction of sp³-hybridized carbons (Fsp3) is 1.00. The van der Waals surface area contributed by atoms with Gasteiger partial charge in [0, 0.05) is 12.6 Å². The van der Waals surface area contributed by atoms with Gasteiger partial charge in [-0.1, -0.05) is 19.3 Å². The standard InChI is InChI=1S/C11H22N2/c12-8-11(6-3-7-11)9-13-10-4-1-2-5-10/h10,13H,1-9,12H2. The van der Waals surface area contributed by atoms with E-state index in [1.165, 1.54) is 51.5 Å². The monoisotopic (exact) mass is 182 g/mol. The highest BCUT2D eigenvalue weighted by molar-refractivity contribution is 4.91. The second-order valence-corrected chi connectivity index (χ2v) is 4.92. The van der Waals surface area contributed by atoms with Crippen molar-refractivity contribution >= 4 is 0 Å².